The Morgan fingerprint density at radius 2 is 1.67 bits per heavy atom. The van der Waals surface area contributed by atoms with E-state index in [-0.39, 0.29) is 71.8 Å². The number of carbonyl (C=O) groups is 1. The summed E-state index contributed by atoms with van der Waals surface area (Å²) in [5.41, 5.74) is -1.88. The van der Waals surface area contributed by atoms with E-state index in [1.807, 2.05) is 0 Å². The molecule has 0 unspecified atom stereocenters. The van der Waals surface area contributed by atoms with Crippen LogP contribution in [0.5, 0.6) is 0 Å². The fourth-order valence-corrected chi connectivity index (χ4v) is 9.86. The molecule has 12 nitrogen and oxygen atoms in total. The summed E-state index contributed by atoms with van der Waals surface area (Å²) in [5.74, 6) is -9.17. The highest BCUT2D eigenvalue weighted by molar-refractivity contribution is 7.92. The molecule has 326 valence electrons. The molecule has 1 fully saturated rings. The summed E-state index contributed by atoms with van der Waals surface area (Å²) in [6.45, 7) is -1.00. The number of amides is 1. The summed E-state index contributed by atoms with van der Waals surface area (Å²) in [5, 5.41) is 11.3. The highest BCUT2D eigenvalue weighted by Crippen LogP contribution is 2.68. The molecule has 0 radical (unpaired) electrons. The molecular weight excluding hydrogens is 921 g/mol. The van der Waals surface area contributed by atoms with E-state index < -0.39 is 87.7 Å². The van der Waals surface area contributed by atoms with Crippen molar-refractivity contribution in [3.05, 3.63) is 132 Å². The Morgan fingerprint density at radius 1 is 0.968 bits per heavy atom. The van der Waals surface area contributed by atoms with Gasteiger partial charge in [0.1, 0.15) is 35.4 Å². The smallest absolute Gasteiger partial charge is 0.293 e. The lowest BCUT2D eigenvalue weighted by Crippen LogP contribution is -2.38. The van der Waals surface area contributed by atoms with Crippen LogP contribution in [-0.2, 0) is 40.8 Å². The summed E-state index contributed by atoms with van der Waals surface area (Å²) < 4.78 is 119. The molecule has 0 bridgehead atoms. The van der Waals surface area contributed by atoms with Gasteiger partial charge in [-0.2, -0.15) is 19.0 Å². The number of rotatable bonds is 11. The number of aromatic nitrogens is 6. The van der Waals surface area contributed by atoms with Crippen molar-refractivity contribution in [1.82, 2.24) is 34.4 Å². The molecule has 3 aromatic heterocycles. The number of nitrogens with zero attached hydrogens (tertiary/aromatic N) is 6. The predicted molar refractivity (Wildman–Crippen MR) is 223 cm³/mol. The third-order valence-corrected chi connectivity index (χ3v) is 12.6. The molecule has 2 aliphatic carbocycles. The predicted octanol–water partition coefficient (Wildman–Crippen LogP) is 8.99. The summed E-state index contributed by atoms with van der Waals surface area (Å²) >= 11 is 19.7. The van der Waals surface area contributed by atoms with Crippen LogP contribution < -0.4 is 15.6 Å². The van der Waals surface area contributed by atoms with Crippen molar-refractivity contribution >= 4 is 78.4 Å². The number of aryl methyl sites for hydroxylation is 1. The van der Waals surface area contributed by atoms with Gasteiger partial charge < -0.3 is 5.32 Å². The number of alkyl halides is 4. The third-order valence-electron chi connectivity index (χ3n) is 11.1. The van der Waals surface area contributed by atoms with Gasteiger partial charge in [-0.05, 0) is 72.0 Å². The number of carbonyl (C=O) groups excluding carboxylic acids is 1. The molecule has 2 N–H and O–H groups in total. The molecule has 2 aliphatic rings. The van der Waals surface area contributed by atoms with Gasteiger partial charge in [-0.25, -0.2) is 31.0 Å². The average Bonchev–Trinajstić information content (AvgIpc) is 3.73. The highest BCUT2D eigenvalue weighted by Gasteiger charge is 2.67. The highest BCUT2D eigenvalue weighted by atomic mass is 35.5. The molecular formula is C41H29Cl3F6N8O4S. The van der Waals surface area contributed by atoms with Crippen LogP contribution in [0.1, 0.15) is 53.1 Å². The number of hydrogen-bond acceptors (Lipinski definition) is 7. The van der Waals surface area contributed by atoms with Crippen molar-refractivity contribution in [2.75, 3.05) is 11.0 Å². The Kier molecular flexibility index (Phi) is 10.3. The van der Waals surface area contributed by atoms with Crippen LogP contribution in [-0.4, -0.2) is 49.7 Å². The van der Waals surface area contributed by atoms with Crippen molar-refractivity contribution in [2.24, 2.45) is 13.0 Å². The number of fused-ring (bicyclic) bond motifs is 5. The number of halogens is 9. The SMILES string of the molecule is Cn1nc(NS(C)(=O)=O)c2c(Cl)ccc(-n3c([C@H](Cc4cc(F)cc(F)c4)NC(=O)Cn4nc(C(F)F)c5c4C(F)(F)[C@@H]4C[C@H]54)nc4cc(-c5c(Cl)cccc5Cl)ccc4c3=O)c21. The van der Waals surface area contributed by atoms with Gasteiger partial charge >= 0.3 is 0 Å². The lowest BCUT2D eigenvalue weighted by molar-refractivity contribution is -0.123. The quantitative estimate of drug-likeness (QED) is 0.123. The van der Waals surface area contributed by atoms with Crippen molar-refractivity contribution in [3.63, 3.8) is 0 Å². The summed E-state index contributed by atoms with van der Waals surface area (Å²) in [6.07, 6.45) is -2.83. The van der Waals surface area contributed by atoms with E-state index >= 15 is 13.6 Å². The fraction of sp³-hybridized carbons (Fsp3) is 0.244. The zero-order chi connectivity index (χ0) is 45.0. The largest absolute Gasteiger partial charge is 0.344 e. The van der Waals surface area contributed by atoms with Gasteiger partial charge in [0.25, 0.3) is 17.9 Å². The Bertz CT molecular complexity index is 3230. The second-order valence-electron chi connectivity index (χ2n) is 15.4. The molecule has 9 rings (SSSR count). The van der Waals surface area contributed by atoms with Gasteiger partial charge in [-0.3, -0.25) is 28.2 Å². The Morgan fingerprint density at radius 3 is 2.33 bits per heavy atom. The Labute approximate surface area is 367 Å². The van der Waals surface area contributed by atoms with Gasteiger partial charge in [-0.1, -0.05) is 46.9 Å². The monoisotopic (exact) mass is 948 g/mol. The van der Waals surface area contributed by atoms with Gasteiger partial charge in [0.2, 0.25) is 15.9 Å². The first-order valence-electron chi connectivity index (χ1n) is 18.9. The maximum absolute atomic E-state index is 15.5. The minimum Gasteiger partial charge on any atom is -0.344 e. The van der Waals surface area contributed by atoms with Crippen LogP contribution in [0.3, 0.4) is 0 Å². The molecule has 1 amide bonds. The van der Waals surface area contributed by atoms with E-state index in [4.69, 9.17) is 39.8 Å². The molecule has 0 spiro atoms. The topological polar surface area (TPSA) is 146 Å². The summed E-state index contributed by atoms with van der Waals surface area (Å²) in [7, 11) is -2.48. The number of nitrogens with one attached hydrogen (secondary N) is 2. The lowest BCUT2D eigenvalue weighted by Gasteiger charge is -2.24. The van der Waals surface area contributed by atoms with E-state index in [2.05, 4.69) is 20.2 Å². The van der Waals surface area contributed by atoms with Crippen LogP contribution in [0.25, 0.3) is 38.6 Å². The zero-order valence-electron chi connectivity index (χ0n) is 32.4. The van der Waals surface area contributed by atoms with Gasteiger partial charge in [0.15, 0.2) is 5.82 Å². The standard InChI is InChI=1S/C41H29Cl3F6N8O4S/c1-56-35-29(9-8-26(44)33(35)38(54-56)55-63(2,61)62)58-39(52-27-13-18(6-7-21(27)40(58)60)31-24(42)4-3-5-25(31)43)28(12-17-10-19(45)14-20(46)11-17)51-30(59)16-57-36-32(34(53-57)37(47)48)22-15-23(22)41(36,49)50/h3-11,13-14,22-23,28,37H,12,15-16H2,1-2H3,(H,51,59)(H,54,55)/t22-,23+,28-/m0/s1. The van der Waals surface area contributed by atoms with Crippen molar-refractivity contribution < 1.29 is 39.6 Å². The summed E-state index contributed by atoms with van der Waals surface area (Å²) in [6, 6.07) is 13.1. The van der Waals surface area contributed by atoms with Crippen molar-refractivity contribution in [1.29, 1.82) is 0 Å². The third kappa shape index (κ3) is 7.47. The second-order valence-corrected chi connectivity index (χ2v) is 18.3. The Balaban J connectivity index is 1.27. The number of hydrogen-bond donors (Lipinski definition) is 2. The van der Waals surface area contributed by atoms with Crippen molar-refractivity contribution in [3.8, 4) is 16.8 Å². The van der Waals surface area contributed by atoms with E-state index in [1.54, 1.807) is 24.3 Å². The van der Waals surface area contributed by atoms with Crippen molar-refractivity contribution in [2.45, 2.75) is 43.7 Å². The molecule has 63 heavy (non-hydrogen) atoms. The zero-order valence-corrected chi connectivity index (χ0v) is 35.5. The average molecular weight is 950 g/mol. The molecule has 3 heterocycles. The first-order valence-corrected chi connectivity index (χ1v) is 21.9. The van der Waals surface area contributed by atoms with Gasteiger partial charge in [-0.15, -0.1) is 0 Å². The molecule has 7 aromatic rings. The van der Waals surface area contributed by atoms with Crippen LogP contribution in [0.4, 0.5) is 32.2 Å². The van der Waals surface area contributed by atoms with E-state index in [9.17, 15) is 30.8 Å². The van der Waals surface area contributed by atoms with Crippen LogP contribution >= 0.6 is 34.8 Å². The van der Waals surface area contributed by atoms with Gasteiger partial charge in [0.05, 0.1) is 44.8 Å². The molecule has 22 heteroatoms. The second kappa shape index (κ2) is 15.3. The minimum absolute atomic E-state index is 0.000246. The van der Waals surface area contributed by atoms with Gasteiger partial charge in [0, 0.05) is 46.6 Å². The first kappa shape index (κ1) is 42.7. The molecule has 0 aliphatic heterocycles. The van der Waals surface area contributed by atoms with E-state index in [1.165, 1.54) is 36.0 Å². The molecule has 4 aromatic carbocycles. The fourth-order valence-electron chi connectivity index (χ4n) is 8.51. The van der Waals surface area contributed by atoms with Crippen LogP contribution in [0.2, 0.25) is 15.1 Å². The normalized spacial score (nSPS) is 17.0. The molecule has 1 saturated carbocycles. The molecule has 0 saturated heterocycles. The Hall–Kier alpha value is -5.63. The van der Waals surface area contributed by atoms with Crippen LogP contribution in [0, 0.1) is 17.6 Å². The number of benzene rings is 4. The number of anilines is 1. The lowest BCUT2D eigenvalue weighted by atomic mass is 10.0. The first-order chi connectivity index (χ1) is 29.7. The maximum Gasteiger partial charge on any atom is 0.293 e. The maximum atomic E-state index is 15.5. The number of sulfonamides is 1. The van der Waals surface area contributed by atoms with Crippen LogP contribution in [0.15, 0.2) is 71.5 Å². The minimum atomic E-state index is -3.93. The van der Waals surface area contributed by atoms with E-state index in [0.29, 0.717) is 21.9 Å². The van der Waals surface area contributed by atoms with E-state index in [0.717, 1.165) is 23.0 Å². The molecule has 3 atom stereocenters. The summed E-state index contributed by atoms with van der Waals surface area (Å²) in [4.78, 5) is 34.1.